The van der Waals surface area contributed by atoms with Crippen molar-refractivity contribution in [2.75, 3.05) is 0 Å². The number of carbonyl (C=O) groups excluding carboxylic acids is 1. The van der Waals surface area contributed by atoms with Crippen LogP contribution in [0, 0.1) is 0 Å². The van der Waals surface area contributed by atoms with Gasteiger partial charge in [0.2, 0.25) is 0 Å². The summed E-state index contributed by atoms with van der Waals surface area (Å²) in [6, 6.07) is 14.1. The second kappa shape index (κ2) is 11.5. The normalized spacial score (nSPS) is 13.1. The molecule has 4 heteroatoms. The number of rotatable bonds is 10. The van der Waals surface area contributed by atoms with E-state index in [1.54, 1.807) is 0 Å². The summed E-state index contributed by atoms with van der Waals surface area (Å²) in [5, 5.41) is 1.39. The first-order valence-corrected chi connectivity index (χ1v) is 13.9. The van der Waals surface area contributed by atoms with Crippen LogP contribution in [-0.2, 0) is 16.1 Å². The highest BCUT2D eigenvalue weighted by Crippen LogP contribution is 2.14. The lowest BCUT2D eigenvalue weighted by Gasteiger charge is -2.16. The van der Waals surface area contributed by atoms with E-state index in [1.165, 1.54) is 5.19 Å². The number of benzene rings is 1. The van der Waals surface area contributed by atoms with Crippen molar-refractivity contribution in [3.63, 3.8) is 0 Å². The standard InChI is InChI=1S/C25H33NO2Si/c1-21(24-18-17-23(19-26-24)29(2,3)4)13-9-6-5-7-12-16-25(27)28-20-22-14-10-8-11-15-22/h5-6,8-11,13-15,17-19,21H,7,12,16,20H2,1-4H3/b6-5-,13-9-. The molecule has 0 bridgehead atoms. The van der Waals surface area contributed by atoms with Gasteiger partial charge in [-0.1, -0.05) is 87.3 Å². The summed E-state index contributed by atoms with van der Waals surface area (Å²) in [6.45, 7) is 9.51. The van der Waals surface area contributed by atoms with Gasteiger partial charge in [-0.2, -0.15) is 0 Å². The van der Waals surface area contributed by atoms with Crippen LogP contribution in [0.1, 0.15) is 43.4 Å². The van der Waals surface area contributed by atoms with E-state index in [4.69, 9.17) is 4.74 Å². The lowest BCUT2D eigenvalue weighted by Crippen LogP contribution is -2.37. The Labute approximate surface area is 176 Å². The summed E-state index contributed by atoms with van der Waals surface area (Å²) in [5.74, 6) is 0.141. The second-order valence-corrected chi connectivity index (χ2v) is 13.4. The zero-order chi connectivity index (χ0) is 21.1. The Morgan fingerprint density at radius 3 is 2.52 bits per heavy atom. The minimum Gasteiger partial charge on any atom is -0.461 e. The first kappa shape index (κ1) is 22.8. The van der Waals surface area contributed by atoms with Crippen LogP contribution in [0.2, 0.25) is 19.6 Å². The first-order valence-electron chi connectivity index (χ1n) is 10.4. The highest BCUT2D eigenvalue weighted by molar-refractivity contribution is 6.88. The number of nitrogens with zero attached hydrogens (tertiary/aromatic N) is 1. The van der Waals surface area contributed by atoms with E-state index in [0.717, 1.165) is 24.1 Å². The number of allylic oxidation sites excluding steroid dienone is 4. The van der Waals surface area contributed by atoms with E-state index in [-0.39, 0.29) is 11.9 Å². The Balaban J connectivity index is 1.65. The van der Waals surface area contributed by atoms with Gasteiger partial charge in [-0.3, -0.25) is 9.78 Å². The summed E-state index contributed by atoms with van der Waals surface area (Å²) in [7, 11) is -1.29. The molecule has 0 N–H and O–H groups in total. The molecule has 1 atom stereocenters. The fourth-order valence-corrected chi connectivity index (χ4v) is 3.83. The maximum Gasteiger partial charge on any atom is 0.306 e. The summed E-state index contributed by atoms with van der Waals surface area (Å²) in [5.41, 5.74) is 2.11. The minimum absolute atomic E-state index is 0.140. The molecule has 0 saturated carbocycles. The molecule has 0 saturated heterocycles. The lowest BCUT2D eigenvalue weighted by atomic mass is 10.1. The largest absolute Gasteiger partial charge is 0.461 e. The van der Waals surface area contributed by atoms with E-state index < -0.39 is 8.07 Å². The van der Waals surface area contributed by atoms with Gasteiger partial charge in [-0.25, -0.2) is 0 Å². The SMILES string of the molecule is CC(/C=C\C=C/CCCC(=O)OCc1ccccc1)c1ccc([Si](C)(C)C)cn1. The van der Waals surface area contributed by atoms with Crippen molar-refractivity contribution in [3.05, 3.63) is 84.2 Å². The van der Waals surface area contributed by atoms with Gasteiger partial charge in [0.05, 0.1) is 8.07 Å². The Hall–Kier alpha value is -2.46. The molecule has 1 aromatic carbocycles. The maximum absolute atomic E-state index is 11.8. The van der Waals surface area contributed by atoms with Crippen LogP contribution in [0.3, 0.4) is 0 Å². The van der Waals surface area contributed by atoms with Gasteiger partial charge in [-0.05, 0) is 29.7 Å². The third-order valence-electron chi connectivity index (χ3n) is 4.76. The lowest BCUT2D eigenvalue weighted by molar-refractivity contribution is -0.145. The predicted octanol–water partition coefficient (Wildman–Crippen LogP) is 5.76. The van der Waals surface area contributed by atoms with Crippen molar-refractivity contribution in [2.45, 2.75) is 58.4 Å². The van der Waals surface area contributed by atoms with E-state index in [1.807, 2.05) is 42.6 Å². The smallest absolute Gasteiger partial charge is 0.306 e. The molecule has 0 spiro atoms. The van der Waals surface area contributed by atoms with Crippen molar-refractivity contribution < 1.29 is 9.53 Å². The molecule has 154 valence electrons. The number of esters is 1. The van der Waals surface area contributed by atoms with Gasteiger partial charge in [0.15, 0.2) is 0 Å². The Bertz CT molecular complexity index is 805. The first-order chi connectivity index (χ1) is 13.9. The second-order valence-electron chi connectivity index (χ2n) is 8.36. The van der Waals surface area contributed by atoms with Crippen LogP contribution in [0.25, 0.3) is 0 Å². The highest BCUT2D eigenvalue weighted by atomic mass is 28.3. The Morgan fingerprint density at radius 2 is 1.86 bits per heavy atom. The molecule has 1 heterocycles. The van der Waals surface area contributed by atoms with Crippen molar-refractivity contribution in [2.24, 2.45) is 0 Å². The number of carbonyl (C=O) groups is 1. The Morgan fingerprint density at radius 1 is 1.10 bits per heavy atom. The maximum atomic E-state index is 11.8. The molecule has 0 amide bonds. The molecule has 2 aromatic rings. The highest BCUT2D eigenvalue weighted by Gasteiger charge is 2.16. The number of unbranched alkanes of at least 4 members (excludes halogenated alkanes) is 1. The van der Waals surface area contributed by atoms with Crippen molar-refractivity contribution in [3.8, 4) is 0 Å². The number of ether oxygens (including phenoxy) is 1. The zero-order valence-electron chi connectivity index (χ0n) is 18.1. The molecule has 0 radical (unpaired) electrons. The van der Waals surface area contributed by atoms with E-state index >= 15 is 0 Å². The molecule has 3 nitrogen and oxygen atoms in total. The van der Waals surface area contributed by atoms with E-state index in [9.17, 15) is 4.79 Å². The van der Waals surface area contributed by atoms with Crippen molar-refractivity contribution in [1.29, 1.82) is 0 Å². The molecule has 0 aliphatic heterocycles. The fourth-order valence-electron chi connectivity index (χ4n) is 2.80. The zero-order valence-corrected chi connectivity index (χ0v) is 19.1. The number of hydrogen-bond donors (Lipinski definition) is 0. The average Bonchev–Trinajstić information content (AvgIpc) is 2.71. The van der Waals surface area contributed by atoms with Crippen LogP contribution >= 0.6 is 0 Å². The number of pyridine rings is 1. The van der Waals surface area contributed by atoms with Gasteiger partial charge < -0.3 is 4.74 Å². The predicted molar refractivity (Wildman–Crippen MR) is 124 cm³/mol. The fraction of sp³-hybridized carbons (Fsp3) is 0.360. The van der Waals surface area contributed by atoms with Crippen molar-refractivity contribution in [1.82, 2.24) is 4.98 Å². The van der Waals surface area contributed by atoms with E-state index in [2.05, 4.69) is 61.9 Å². The molecule has 0 aliphatic carbocycles. The molecular weight excluding hydrogens is 374 g/mol. The number of hydrogen-bond acceptors (Lipinski definition) is 3. The van der Waals surface area contributed by atoms with Crippen LogP contribution in [0.4, 0.5) is 0 Å². The third-order valence-corrected chi connectivity index (χ3v) is 6.79. The van der Waals surface area contributed by atoms with Gasteiger partial charge >= 0.3 is 5.97 Å². The Kier molecular flexibility index (Phi) is 9.06. The molecular formula is C25H33NO2Si. The van der Waals surface area contributed by atoms with Gasteiger partial charge in [-0.15, -0.1) is 0 Å². The van der Waals surface area contributed by atoms with Crippen LogP contribution in [-0.4, -0.2) is 19.0 Å². The van der Waals surface area contributed by atoms with Crippen LogP contribution < -0.4 is 5.19 Å². The van der Waals surface area contributed by atoms with Crippen LogP contribution in [0.15, 0.2) is 73.0 Å². The van der Waals surface area contributed by atoms with Gasteiger partial charge in [0.25, 0.3) is 0 Å². The summed E-state index contributed by atoms with van der Waals surface area (Å²) >= 11 is 0. The van der Waals surface area contributed by atoms with Crippen LogP contribution in [0.5, 0.6) is 0 Å². The molecule has 1 aromatic heterocycles. The summed E-state index contributed by atoms with van der Waals surface area (Å²) in [6.07, 6.45) is 12.5. The molecule has 1 unspecified atom stereocenters. The molecule has 29 heavy (non-hydrogen) atoms. The molecule has 0 aliphatic rings. The number of aromatic nitrogens is 1. The van der Waals surface area contributed by atoms with Gasteiger partial charge in [0, 0.05) is 24.2 Å². The molecule has 0 fully saturated rings. The monoisotopic (exact) mass is 407 g/mol. The minimum atomic E-state index is -1.29. The summed E-state index contributed by atoms with van der Waals surface area (Å²) in [4.78, 5) is 16.4. The van der Waals surface area contributed by atoms with Gasteiger partial charge in [0.1, 0.15) is 6.61 Å². The van der Waals surface area contributed by atoms with Crippen molar-refractivity contribution >= 4 is 19.2 Å². The quantitative estimate of drug-likeness (QED) is 0.218. The topological polar surface area (TPSA) is 39.2 Å². The summed E-state index contributed by atoms with van der Waals surface area (Å²) < 4.78 is 5.28. The van der Waals surface area contributed by atoms with E-state index in [0.29, 0.717) is 13.0 Å². The average molecular weight is 408 g/mol. The third kappa shape index (κ3) is 8.61. The molecule has 2 rings (SSSR count).